The van der Waals surface area contributed by atoms with Gasteiger partial charge in [0.15, 0.2) is 5.75 Å². The maximum atomic E-state index is 13.5. The maximum absolute atomic E-state index is 13.5. The molecule has 2 N–H and O–H groups in total. The number of carbonyl (C=O) groups is 1. The number of hydrogen-bond donors (Lipinski definition) is 2. The van der Waals surface area contributed by atoms with E-state index in [4.69, 9.17) is 14.5 Å². The van der Waals surface area contributed by atoms with Gasteiger partial charge in [-0.25, -0.2) is 0 Å². The smallest absolute Gasteiger partial charge is 0.237 e. The van der Waals surface area contributed by atoms with Crippen molar-refractivity contribution in [3.05, 3.63) is 52.6 Å². The number of likely N-dealkylation sites (N-methyl/N-ethyl adjacent to an activating group) is 1. The van der Waals surface area contributed by atoms with Crippen molar-refractivity contribution in [2.45, 2.75) is 82.4 Å². The van der Waals surface area contributed by atoms with Crippen molar-refractivity contribution in [3.8, 4) is 17.2 Å². The van der Waals surface area contributed by atoms with Gasteiger partial charge in [0.05, 0.1) is 5.25 Å². The number of carbonyl (C=O) groups excluding carboxylic acids is 1. The molecule has 1 amide bonds. The Bertz CT molecular complexity index is 1190. The molecule has 2 aliphatic heterocycles. The first-order chi connectivity index (χ1) is 19.3. The Hall–Kier alpha value is -2.46. The normalized spacial score (nSPS) is 19.1. The molecule has 0 aliphatic carbocycles. The molecular weight excluding hydrogens is 540 g/mol. The van der Waals surface area contributed by atoms with Crippen molar-refractivity contribution < 1.29 is 29.5 Å². The maximum Gasteiger partial charge on any atom is 0.237 e. The Labute approximate surface area is 248 Å². The van der Waals surface area contributed by atoms with Crippen LogP contribution in [0.3, 0.4) is 0 Å². The Morgan fingerprint density at radius 1 is 1.07 bits per heavy atom. The standard InChI is InChI=1S/C32H46N2O6S/c1-31(2,3)24-17-22(18-25(28(24)36)32(4,5)6)30-34(29(37)27(41-30)11-15-35)13-8-12-33(7)14-16-38-23-10-9-21-20-39-40-26(21)19-23/h9-10,17-19,27,30,35-36H,8,11-16,20H2,1-7H3. The SMILES string of the molecule is CN(CCCN1C(=O)C(CCO)SC1c1cc(C(C)(C)C)c(O)c(C(C)(C)C)c1)CCOc1ccc2c(c1)OOC2. The van der Waals surface area contributed by atoms with E-state index in [1.54, 1.807) is 11.8 Å². The van der Waals surface area contributed by atoms with E-state index in [0.717, 1.165) is 47.5 Å². The average Bonchev–Trinajstić information content (AvgIpc) is 3.47. The van der Waals surface area contributed by atoms with Gasteiger partial charge in [0.25, 0.3) is 0 Å². The van der Waals surface area contributed by atoms with E-state index in [1.165, 1.54) is 0 Å². The van der Waals surface area contributed by atoms with Crippen molar-refractivity contribution in [2.24, 2.45) is 0 Å². The lowest BCUT2D eigenvalue weighted by Crippen LogP contribution is -2.35. The molecule has 41 heavy (non-hydrogen) atoms. The van der Waals surface area contributed by atoms with Crippen LogP contribution in [-0.2, 0) is 27.1 Å². The number of phenolic OH excluding ortho intramolecular Hbond substituents is 1. The third-order valence-corrected chi connectivity index (χ3v) is 9.19. The van der Waals surface area contributed by atoms with Crippen LogP contribution in [0.25, 0.3) is 0 Å². The first kappa shape index (κ1) is 31.5. The summed E-state index contributed by atoms with van der Waals surface area (Å²) < 4.78 is 5.91. The van der Waals surface area contributed by atoms with E-state index in [2.05, 4.69) is 65.6 Å². The van der Waals surface area contributed by atoms with E-state index < -0.39 is 0 Å². The fourth-order valence-corrected chi connectivity index (χ4v) is 6.70. The summed E-state index contributed by atoms with van der Waals surface area (Å²) in [5.74, 6) is 1.87. The van der Waals surface area contributed by atoms with E-state index in [1.807, 2.05) is 23.1 Å². The first-order valence-corrected chi connectivity index (χ1v) is 15.4. The van der Waals surface area contributed by atoms with Gasteiger partial charge in [-0.05, 0) is 78.2 Å². The molecule has 0 bridgehead atoms. The molecule has 1 saturated heterocycles. The summed E-state index contributed by atoms with van der Waals surface area (Å²) in [6, 6.07) is 9.88. The molecule has 2 unspecified atom stereocenters. The van der Waals surface area contributed by atoms with Crippen LogP contribution in [-0.4, -0.2) is 71.1 Å². The molecule has 2 aliphatic rings. The topological polar surface area (TPSA) is 91.7 Å². The van der Waals surface area contributed by atoms with Crippen LogP contribution in [0.4, 0.5) is 0 Å². The number of amides is 1. The van der Waals surface area contributed by atoms with E-state index in [9.17, 15) is 15.0 Å². The lowest BCUT2D eigenvalue weighted by atomic mass is 9.78. The molecule has 2 heterocycles. The van der Waals surface area contributed by atoms with Gasteiger partial charge in [-0.3, -0.25) is 4.79 Å². The van der Waals surface area contributed by atoms with Crippen LogP contribution < -0.4 is 9.62 Å². The highest BCUT2D eigenvalue weighted by Crippen LogP contribution is 2.48. The van der Waals surface area contributed by atoms with Crippen LogP contribution in [0, 0.1) is 0 Å². The highest BCUT2D eigenvalue weighted by atomic mass is 32.2. The summed E-state index contributed by atoms with van der Waals surface area (Å²) >= 11 is 1.61. The number of rotatable bonds is 11. The molecule has 0 spiro atoms. The Balaban J connectivity index is 1.42. The van der Waals surface area contributed by atoms with Gasteiger partial charge in [-0.1, -0.05) is 41.5 Å². The average molecular weight is 587 g/mol. The van der Waals surface area contributed by atoms with E-state index >= 15 is 0 Å². The zero-order chi connectivity index (χ0) is 29.9. The largest absolute Gasteiger partial charge is 0.507 e. The molecular formula is C32H46N2O6S. The molecule has 0 radical (unpaired) electrons. The van der Waals surface area contributed by atoms with Crippen LogP contribution in [0.15, 0.2) is 30.3 Å². The number of thioether (sulfide) groups is 1. The minimum atomic E-state index is -0.275. The molecule has 0 saturated carbocycles. The summed E-state index contributed by atoms with van der Waals surface area (Å²) in [6.07, 6.45) is 1.25. The minimum Gasteiger partial charge on any atom is -0.507 e. The van der Waals surface area contributed by atoms with Crippen molar-refractivity contribution in [1.29, 1.82) is 0 Å². The number of benzene rings is 2. The van der Waals surface area contributed by atoms with Gasteiger partial charge in [-0.15, -0.1) is 11.8 Å². The Morgan fingerprint density at radius 3 is 2.39 bits per heavy atom. The number of phenols is 1. The van der Waals surface area contributed by atoms with Crippen LogP contribution in [0.2, 0.25) is 0 Å². The number of aliphatic hydroxyl groups is 1. The predicted molar refractivity (Wildman–Crippen MR) is 163 cm³/mol. The van der Waals surface area contributed by atoms with Crippen LogP contribution in [0.1, 0.15) is 82.0 Å². The van der Waals surface area contributed by atoms with E-state index in [-0.39, 0.29) is 34.0 Å². The second-order valence-electron chi connectivity index (χ2n) is 13.1. The van der Waals surface area contributed by atoms with Crippen molar-refractivity contribution in [2.75, 3.05) is 39.9 Å². The van der Waals surface area contributed by atoms with Gasteiger partial charge >= 0.3 is 0 Å². The van der Waals surface area contributed by atoms with Crippen LogP contribution in [0.5, 0.6) is 17.2 Å². The van der Waals surface area contributed by atoms with Crippen molar-refractivity contribution in [3.63, 3.8) is 0 Å². The van der Waals surface area contributed by atoms with Gasteiger partial charge in [0.1, 0.15) is 30.1 Å². The fourth-order valence-electron chi connectivity index (χ4n) is 5.25. The lowest BCUT2D eigenvalue weighted by molar-refractivity contribution is -0.194. The van der Waals surface area contributed by atoms with Crippen molar-refractivity contribution >= 4 is 17.7 Å². The molecule has 4 rings (SSSR count). The number of hydrogen-bond acceptors (Lipinski definition) is 8. The number of aliphatic hydroxyl groups excluding tert-OH is 1. The molecule has 2 aromatic rings. The monoisotopic (exact) mass is 586 g/mol. The van der Waals surface area contributed by atoms with Gasteiger partial charge in [0, 0.05) is 31.3 Å². The number of ether oxygens (including phenoxy) is 1. The summed E-state index contributed by atoms with van der Waals surface area (Å²) in [4.78, 5) is 27.8. The van der Waals surface area contributed by atoms with Crippen molar-refractivity contribution in [1.82, 2.24) is 9.80 Å². The minimum absolute atomic E-state index is 0.0217. The Kier molecular flexibility index (Phi) is 9.84. The number of fused-ring (bicyclic) bond motifs is 1. The number of aromatic hydroxyl groups is 1. The van der Waals surface area contributed by atoms with Crippen LogP contribution >= 0.6 is 11.8 Å². The fraction of sp³-hybridized carbons (Fsp3) is 0.594. The predicted octanol–water partition coefficient (Wildman–Crippen LogP) is 5.54. The molecule has 8 nitrogen and oxygen atoms in total. The molecule has 1 fully saturated rings. The summed E-state index contributed by atoms with van der Waals surface area (Å²) in [7, 11) is 2.06. The zero-order valence-electron chi connectivity index (χ0n) is 25.5. The third-order valence-electron chi connectivity index (χ3n) is 7.64. The zero-order valence-corrected chi connectivity index (χ0v) is 26.3. The highest BCUT2D eigenvalue weighted by Gasteiger charge is 2.41. The first-order valence-electron chi connectivity index (χ1n) is 14.5. The van der Waals surface area contributed by atoms with E-state index in [0.29, 0.717) is 37.7 Å². The van der Waals surface area contributed by atoms with Gasteiger partial charge in [0.2, 0.25) is 5.91 Å². The molecule has 9 heteroatoms. The summed E-state index contributed by atoms with van der Waals surface area (Å²) in [5, 5.41) is 20.4. The quantitative estimate of drug-likeness (QED) is 0.332. The van der Waals surface area contributed by atoms with Gasteiger partial charge in [-0.2, -0.15) is 4.89 Å². The van der Waals surface area contributed by atoms with Gasteiger partial charge < -0.3 is 29.6 Å². The second-order valence-corrected chi connectivity index (χ2v) is 14.4. The third kappa shape index (κ3) is 7.49. The summed E-state index contributed by atoms with van der Waals surface area (Å²) in [5.41, 5.74) is 3.31. The number of nitrogens with zero attached hydrogens (tertiary/aromatic N) is 2. The molecule has 2 aromatic carbocycles. The molecule has 2 atom stereocenters. The lowest BCUT2D eigenvalue weighted by Gasteiger charge is -2.31. The highest BCUT2D eigenvalue weighted by molar-refractivity contribution is 8.01. The summed E-state index contributed by atoms with van der Waals surface area (Å²) in [6.45, 7) is 15.7. The Morgan fingerprint density at radius 2 is 1.76 bits per heavy atom. The molecule has 0 aromatic heterocycles. The molecule has 226 valence electrons. The second kappa shape index (κ2) is 12.8.